The molecule has 0 bridgehead atoms. The predicted molar refractivity (Wildman–Crippen MR) is 128 cm³/mol. The van der Waals surface area contributed by atoms with Crippen molar-refractivity contribution in [3.8, 4) is 0 Å². The molecule has 226 valence electrons. The Labute approximate surface area is 229 Å². The summed E-state index contributed by atoms with van der Waals surface area (Å²) in [7, 11) is 0.945. The number of esters is 1. The summed E-state index contributed by atoms with van der Waals surface area (Å²) in [6.07, 6.45) is -16.6. The Morgan fingerprint density at radius 3 is 1.90 bits per heavy atom. The molecular formula is C27H26F9NO4. The second kappa shape index (κ2) is 11.8. The normalized spacial score (nSPS) is 18.5. The monoisotopic (exact) mass is 599 g/mol. The molecule has 2 aromatic carbocycles. The lowest BCUT2D eigenvalue weighted by Crippen LogP contribution is -2.47. The molecule has 0 aliphatic carbocycles. The Balaban J connectivity index is 2.23. The Morgan fingerprint density at radius 1 is 0.878 bits per heavy atom. The largest absolute Gasteiger partial charge is 0.469 e. The molecule has 14 heteroatoms. The highest BCUT2D eigenvalue weighted by molar-refractivity contribution is 5.91. The van der Waals surface area contributed by atoms with Gasteiger partial charge in [0.25, 0.3) is 0 Å². The first kappa shape index (κ1) is 32.1. The van der Waals surface area contributed by atoms with Crippen LogP contribution in [0.15, 0.2) is 36.4 Å². The highest BCUT2D eigenvalue weighted by atomic mass is 19.4. The van der Waals surface area contributed by atoms with Crippen LogP contribution in [-0.4, -0.2) is 31.8 Å². The first-order valence-electron chi connectivity index (χ1n) is 12.5. The number of hydrogen-bond donors (Lipinski definition) is 0. The van der Waals surface area contributed by atoms with E-state index < -0.39 is 77.1 Å². The van der Waals surface area contributed by atoms with E-state index in [0.717, 1.165) is 30.2 Å². The van der Waals surface area contributed by atoms with E-state index in [2.05, 4.69) is 0 Å². The van der Waals surface area contributed by atoms with E-state index in [1.165, 1.54) is 6.92 Å². The van der Waals surface area contributed by atoms with Crippen molar-refractivity contribution in [2.45, 2.75) is 63.6 Å². The molecule has 3 rings (SSSR count). The van der Waals surface area contributed by atoms with Gasteiger partial charge in [-0.25, -0.2) is 4.79 Å². The molecule has 0 spiro atoms. The number of nitrogens with zero attached hydrogens (tertiary/aromatic N) is 1. The fourth-order valence-electron chi connectivity index (χ4n) is 5.07. The van der Waals surface area contributed by atoms with E-state index in [9.17, 15) is 49.1 Å². The topological polar surface area (TPSA) is 55.8 Å². The molecule has 3 atom stereocenters. The lowest BCUT2D eigenvalue weighted by atomic mass is 9.74. The molecule has 1 heterocycles. The maximum absolute atomic E-state index is 13.7. The maximum Gasteiger partial charge on any atom is 0.416 e. The van der Waals surface area contributed by atoms with Crippen molar-refractivity contribution in [1.82, 2.24) is 0 Å². The molecule has 0 saturated heterocycles. The minimum absolute atomic E-state index is 0.0199. The van der Waals surface area contributed by atoms with Crippen LogP contribution >= 0.6 is 0 Å². The van der Waals surface area contributed by atoms with E-state index in [-0.39, 0.29) is 36.8 Å². The van der Waals surface area contributed by atoms with Gasteiger partial charge in [-0.1, -0.05) is 6.92 Å². The van der Waals surface area contributed by atoms with E-state index in [1.807, 2.05) is 0 Å². The summed E-state index contributed by atoms with van der Waals surface area (Å²) in [6, 6.07) is 2.63. The van der Waals surface area contributed by atoms with Gasteiger partial charge in [-0.05, 0) is 73.7 Å². The number of methoxy groups -OCH3 is 1. The molecule has 1 aliphatic heterocycles. The van der Waals surface area contributed by atoms with Gasteiger partial charge in [0.15, 0.2) is 0 Å². The van der Waals surface area contributed by atoms with Crippen LogP contribution in [0.1, 0.15) is 60.4 Å². The van der Waals surface area contributed by atoms with Crippen LogP contribution in [0.2, 0.25) is 0 Å². The predicted octanol–water partition coefficient (Wildman–Crippen LogP) is 8.00. The van der Waals surface area contributed by atoms with E-state index in [1.54, 1.807) is 6.92 Å². The van der Waals surface area contributed by atoms with Crippen molar-refractivity contribution in [2.75, 3.05) is 18.6 Å². The van der Waals surface area contributed by atoms with Crippen LogP contribution in [0, 0.1) is 5.92 Å². The van der Waals surface area contributed by atoms with Crippen LogP contribution in [0.3, 0.4) is 0 Å². The van der Waals surface area contributed by atoms with E-state index >= 15 is 0 Å². The molecule has 2 aromatic rings. The van der Waals surface area contributed by atoms with Gasteiger partial charge in [0, 0.05) is 12.0 Å². The number of alkyl halides is 9. The van der Waals surface area contributed by atoms with Crippen molar-refractivity contribution in [3.63, 3.8) is 0 Å². The Morgan fingerprint density at radius 2 is 1.44 bits per heavy atom. The zero-order valence-corrected chi connectivity index (χ0v) is 22.0. The van der Waals surface area contributed by atoms with Gasteiger partial charge in [-0.2, -0.15) is 39.5 Å². The third-order valence-electron chi connectivity index (χ3n) is 6.93. The van der Waals surface area contributed by atoms with E-state index in [4.69, 9.17) is 9.47 Å². The molecule has 0 saturated carbocycles. The summed E-state index contributed by atoms with van der Waals surface area (Å²) in [6.45, 7) is 3.14. The molecule has 41 heavy (non-hydrogen) atoms. The quantitative estimate of drug-likeness (QED) is 0.250. The van der Waals surface area contributed by atoms with Gasteiger partial charge in [0.1, 0.15) is 0 Å². The molecule has 0 aromatic heterocycles. The molecule has 0 N–H and O–H groups in total. The highest BCUT2D eigenvalue weighted by Crippen LogP contribution is 2.47. The summed E-state index contributed by atoms with van der Waals surface area (Å²) in [5.74, 6) is -3.71. The van der Waals surface area contributed by atoms with Gasteiger partial charge >= 0.3 is 30.6 Å². The number of carbonyl (C=O) groups is 2. The number of halogens is 9. The molecule has 1 unspecified atom stereocenters. The average Bonchev–Trinajstić information content (AvgIpc) is 2.88. The summed E-state index contributed by atoms with van der Waals surface area (Å²) in [4.78, 5) is 26.9. The smallest absolute Gasteiger partial charge is 0.416 e. The number of benzene rings is 2. The lowest BCUT2D eigenvalue weighted by Gasteiger charge is -2.42. The van der Waals surface area contributed by atoms with Gasteiger partial charge in [0.05, 0.1) is 42.0 Å². The number of rotatable bonds is 6. The molecule has 1 aliphatic rings. The first-order chi connectivity index (χ1) is 18.9. The molecule has 0 fully saturated rings. The average molecular weight is 599 g/mol. The third kappa shape index (κ3) is 7.07. The van der Waals surface area contributed by atoms with Gasteiger partial charge in [-0.15, -0.1) is 0 Å². The van der Waals surface area contributed by atoms with Crippen molar-refractivity contribution in [3.05, 3.63) is 64.2 Å². The Hall–Kier alpha value is -3.45. The van der Waals surface area contributed by atoms with E-state index in [0.29, 0.717) is 12.1 Å². The minimum atomic E-state index is -5.15. The lowest BCUT2D eigenvalue weighted by molar-refractivity contribution is -0.146. The molecule has 5 nitrogen and oxygen atoms in total. The third-order valence-corrected chi connectivity index (χ3v) is 6.93. The molecule has 0 radical (unpaired) electrons. The van der Waals surface area contributed by atoms with Crippen LogP contribution in [-0.2, 0) is 39.2 Å². The summed E-state index contributed by atoms with van der Waals surface area (Å²) >= 11 is 0. The maximum atomic E-state index is 13.7. The highest BCUT2D eigenvalue weighted by Gasteiger charge is 2.44. The second-order valence-electron chi connectivity index (χ2n) is 9.49. The number of ether oxygens (including phenoxy) is 2. The number of hydrogen-bond acceptors (Lipinski definition) is 4. The fraction of sp³-hybridized carbons (Fsp3) is 0.481. The Kier molecular flexibility index (Phi) is 9.23. The number of anilines is 1. The zero-order valence-electron chi connectivity index (χ0n) is 22.0. The second-order valence-corrected chi connectivity index (χ2v) is 9.49. The number of fused-ring (bicyclic) bond motifs is 1. The van der Waals surface area contributed by atoms with Crippen LogP contribution in [0.5, 0.6) is 0 Å². The SMILES string of the molecule is CCOC(=O)N1c2ccc(C(F)(F)F)cc2[C@@H](C(Cc2cc(C(F)(F)F)cc(C(F)(F)F)c2)C(=O)OC)C[C@H]1CC. The van der Waals surface area contributed by atoms with Crippen LogP contribution in [0.25, 0.3) is 0 Å². The summed E-state index contributed by atoms with van der Waals surface area (Å²) in [5, 5.41) is 0. The van der Waals surface area contributed by atoms with Gasteiger partial charge in [0.2, 0.25) is 0 Å². The first-order valence-corrected chi connectivity index (χ1v) is 12.5. The number of carbonyl (C=O) groups excluding carboxylic acids is 2. The van der Waals surface area contributed by atoms with Crippen molar-refractivity contribution >= 4 is 17.7 Å². The summed E-state index contributed by atoms with van der Waals surface area (Å²) < 4.78 is 132. The fourth-order valence-corrected chi connectivity index (χ4v) is 5.07. The van der Waals surface area contributed by atoms with Crippen LogP contribution in [0.4, 0.5) is 50.0 Å². The Bertz CT molecular complexity index is 1240. The van der Waals surface area contributed by atoms with Gasteiger partial charge in [-0.3, -0.25) is 9.69 Å². The zero-order chi connectivity index (χ0) is 30.9. The van der Waals surface area contributed by atoms with Gasteiger partial charge < -0.3 is 9.47 Å². The summed E-state index contributed by atoms with van der Waals surface area (Å²) in [5.41, 5.74) is -5.01. The molecular weight excluding hydrogens is 573 g/mol. The van der Waals surface area contributed by atoms with Crippen molar-refractivity contribution in [2.24, 2.45) is 5.92 Å². The van der Waals surface area contributed by atoms with Crippen molar-refractivity contribution in [1.29, 1.82) is 0 Å². The minimum Gasteiger partial charge on any atom is -0.469 e. The standard InChI is InChI=1S/C27H26F9NO4/c1-4-18-13-19(20-12-15(25(28,29)30)6-7-22(20)37(18)24(39)41-5-2)21(23(38)40-3)10-14-8-16(26(31,32)33)11-17(9-14)27(34,35)36/h6-9,11-12,18-19,21H,4-5,10,13H2,1-3H3/t18-,19+,21?/m1/s1. The van der Waals surface area contributed by atoms with Crippen LogP contribution < -0.4 is 4.90 Å². The van der Waals surface area contributed by atoms with Crippen molar-refractivity contribution < 1.29 is 58.6 Å². The number of amides is 1. The molecule has 1 amide bonds.